The molecule has 0 amide bonds. The van der Waals surface area contributed by atoms with Crippen molar-refractivity contribution in [1.29, 1.82) is 0 Å². The van der Waals surface area contributed by atoms with Crippen molar-refractivity contribution in [2.45, 2.75) is 39.7 Å². The average Bonchev–Trinajstić information content (AvgIpc) is 2.31. The largest absolute Gasteiger partial charge is 0.380 e. The first-order chi connectivity index (χ1) is 8.13. The van der Waals surface area contributed by atoms with Crippen molar-refractivity contribution in [2.75, 3.05) is 39.9 Å². The molecule has 3 nitrogen and oxygen atoms in total. The second-order valence-corrected chi connectivity index (χ2v) is 5.66. The van der Waals surface area contributed by atoms with Crippen molar-refractivity contribution in [2.24, 2.45) is 11.8 Å². The minimum atomic E-state index is 0.509. The van der Waals surface area contributed by atoms with Crippen LogP contribution >= 0.6 is 0 Å². The third kappa shape index (κ3) is 5.84. The molecular formula is C14H30N2O. The van der Waals surface area contributed by atoms with Crippen LogP contribution in [0, 0.1) is 11.8 Å². The van der Waals surface area contributed by atoms with E-state index in [1.54, 1.807) is 0 Å². The van der Waals surface area contributed by atoms with Crippen molar-refractivity contribution in [3.8, 4) is 0 Å². The van der Waals surface area contributed by atoms with E-state index in [4.69, 9.17) is 4.74 Å². The van der Waals surface area contributed by atoms with Crippen LogP contribution in [-0.4, -0.2) is 50.8 Å². The molecule has 1 saturated heterocycles. The fourth-order valence-electron chi connectivity index (χ4n) is 2.32. The minimum Gasteiger partial charge on any atom is -0.380 e. The van der Waals surface area contributed by atoms with E-state index in [1.165, 1.54) is 25.9 Å². The molecule has 3 heteroatoms. The fraction of sp³-hybridized carbons (Fsp3) is 1.00. The van der Waals surface area contributed by atoms with Crippen LogP contribution in [0.2, 0.25) is 0 Å². The van der Waals surface area contributed by atoms with Crippen LogP contribution in [0.4, 0.5) is 0 Å². The molecule has 1 atom stereocenters. The highest BCUT2D eigenvalue weighted by Crippen LogP contribution is 2.15. The van der Waals surface area contributed by atoms with Crippen LogP contribution in [0.25, 0.3) is 0 Å². The lowest BCUT2D eigenvalue weighted by Gasteiger charge is -2.31. The molecule has 1 unspecified atom stereocenters. The summed E-state index contributed by atoms with van der Waals surface area (Å²) >= 11 is 0. The van der Waals surface area contributed by atoms with E-state index in [9.17, 15) is 0 Å². The third-order valence-corrected chi connectivity index (χ3v) is 3.81. The molecule has 1 aliphatic rings. The van der Waals surface area contributed by atoms with Crippen LogP contribution in [0.3, 0.4) is 0 Å². The molecule has 0 spiro atoms. The summed E-state index contributed by atoms with van der Waals surface area (Å²) in [6.07, 6.45) is 2.67. The van der Waals surface area contributed by atoms with Gasteiger partial charge >= 0.3 is 0 Å². The Labute approximate surface area is 107 Å². The minimum absolute atomic E-state index is 0.509. The van der Waals surface area contributed by atoms with E-state index < -0.39 is 0 Å². The monoisotopic (exact) mass is 242 g/mol. The molecule has 17 heavy (non-hydrogen) atoms. The molecule has 1 aliphatic heterocycles. The van der Waals surface area contributed by atoms with Gasteiger partial charge in [0, 0.05) is 12.6 Å². The molecule has 1 N–H and O–H groups in total. The number of piperidine rings is 1. The van der Waals surface area contributed by atoms with E-state index in [2.05, 4.69) is 38.0 Å². The smallest absolute Gasteiger partial charge is 0.0621 e. The molecule has 0 bridgehead atoms. The first-order valence-corrected chi connectivity index (χ1v) is 7.13. The number of likely N-dealkylation sites (tertiary alicyclic amines) is 1. The van der Waals surface area contributed by atoms with Gasteiger partial charge in [0.2, 0.25) is 0 Å². The van der Waals surface area contributed by atoms with Crippen molar-refractivity contribution < 1.29 is 4.74 Å². The SMILES string of the molecule is CCOCC(NCC1CCN(C)CC1)C(C)C. The van der Waals surface area contributed by atoms with Crippen molar-refractivity contribution in [3.63, 3.8) is 0 Å². The summed E-state index contributed by atoms with van der Waals surface area (Å²) in [5.41, 5.74) is 0. The quantitative estimate of drug-likeness (QED) is 0.739. The first-order valence-electron chi connectivity index (χ1n) is 7.13. The van der Waals surface area contributed by atoms with Gasteiger partial charge in [0.05, 0.1) is 6.61 Å². The maximum atomic E-state index is 5.54. The number of nitrogens with zero attached hydrogens (tertiary/aromatic N) is 1. The maximum Gasteiger partial charge on any atom is 0.0621 e. The molecule has 102 valence electrons. The Morgan fingerprint density at radius 2 is 1.94 bits per heavy atom. The Kier molecular flexibility index (Phi) is 7.09. The van der Waals surface area contributed by atoms with E-state index in [-0.39, 0.29) is 0 Å². The third-order valence-electron chi connectivity index (χ3n) is 3.81. The van der Waals surface area contributed by atoms with Gasteiger partial charge in [-0.05, 0) is 58.3 Å². The Morgan fingerprint density at radius 1 is 1.29 bits per heavy atom. The van der Waals surface area contributed by atoms with Crippen LogP contribution in [0.15, 0.2) is 0 Å². The number of nitrogens with one attached hydrogen (secondary N) is 1. The number of hydrogen-bond donors (Lipinski definition) is 1. The molecule has 0 aromatic carbocycles. The summed E-state index contributed by atoms with van der Waals surface area (Å²) < 4.78 is 5.54. The van der Waals surface area contributed by atoms with Gasteiger partial charge in [0.1, 0.15) is 0 Å². The Balaban J connectivity index is 2.21. The Bertz CT molecular complexity index is 189. The molecule has 0 aromatic heterocycles. The van der Waals surface area contributed by atoms with Crippen LogP contribution < -0.4 is 5.32 Å². The van der Waals surface area contributed by atoms with Gasteiger partial charge in [-0.2, -0.15) is 0 Å². The summed E-state index contributed by atoms with van der Waals surface area (Å²) in [6.45, 7) is 11.9. The Hall–Kier alpha value is -0.120. The van der Waals surface area contributed by atoms with Gasteiger partial charge < -0.3 is 15.0 Å². The van der Waals surface area contributed by atoms with Crippen molar-refractivity contribution in [1.82, 2.24) is 10.2 Å². The van der Waals surface area contributed by atoms with Crippen LogP contribution in [0.1, 0.15) is 33.6 Å². The zero-order valence-corrected chi connectivity index (χ0v) is 12.0. The summed E-state index contributed by atoms with van der Waals surface area (Å²) in [7, 11) is 2.22. The maximum absolute atomic E-state index is 5.54. The number of hydrogen-bond acceptors (Lipinski definition) is 3. The normalized spacial score (nSPS) is 21.0. The highest BCUT2D eigenvalue weighted by molar-refractivity contribution is 4.76. The molecule has 1 fully saturated rings. The second kappa shape index (κ2) is 8.06. The Morgan fingerprint density at radius 3 is 2.47 bits per heavy atom. The zero-order chi connectivity index (χ0) is 12.7. The first kappa shape index (κ1) is 14.9. The highest BCUT2D eigenvalue weighted by atomic mass is 16.5. The fourth-order valence-corrected chi connectivity index (χ4v) is 2.32. The number of ether oxygens (including phenoxy) is 1. The summed E-state index contributed by atoms with van der Waals surface area (Å²) in [5.74, 6) is 1.50. The summed E-state index contributed by atoms with van der Waals surface area (Å²) in [5, 5.41) is 3.70. The van der Waals surface area contributed by atoms with E-state index in [1.807, 2.05) is 0 Å². The zero-order valence-electron chi connectivity index (χ0n) is 12.0. The molecule has 0 saturated carbocycles. The molecule has 0 radical (unpaired) electrons. The van der Waals surface area contributed by atoms with Gasteiger partial charge in [0.15, 0.2) is 0 Å². The standard InChI is InChI=1S/C14H30N2O/c1-5-17-11-14(12(2)3)15-10-13-6-8-16(4)9-7-13/h12-15H,5-11H2,1-4H3. The van der Waals surface area contributed by atoms with E-state index >= 15 is 0 Å². The number of rotatable bonds is 7. The molecule has 0 aromatic rings. The average molecular weight is 242 g/mol. The summed E-state index contributed by atoms with van der Waals surface area (Å²) in [6, 6.07) is 0.509. The van der Waals surface area contributed by atoms with Gasteiger partial charge in [-0.3, -0.25) is 0 Å². The lowest BCUT2D eigenvalue weighted by molar-refractivity contribution is 0.104. The molecule has 0 aliphatic carbocycles. The van der Waals surface area contributed by atoms with Gasteiger partial charge in [-0.15, -0.1) is 0 Å². The van der Waals surface area contributed by atoms with Gasteiger partial charge in [-0.25, -0.2) is 0 Å². The second-order valence-electron chi connectivity index (χ2n) is 5.66. The lowest BCUT2D eigenvalue weighted by Crippen LogP contribution is -2.43. The highest BCUT2D eigenvalue weighted by Gasteiger charge is 2.19. The predicted octanol–water partition coefficient (Wildman–Crippen LogP) is 1.98. The summed E-state index contributed by atoms with van der Waals surface area (Å²) in [4.78, 5) is 2.43. The van der Waals surface area contributed by atoms with Crippen molar-refractivity contribution in [3.05, 3.63) is 0 Å². The van der Waals surface area contributed by atoms with Crippen LogP contribution in [0.5, 0.6) is 0 Å². The van der Waals surface area contributed by atoms with Gasteiger partial charge in [-0.1, -0.05) is 13.8 Å². The van der Waals surface area contributed by atoms with Gasteiger partial charge in [0.25, 0.3) is 0 Å². The van der Waals surface area contributed by atoms with Crippen LogP contribution in [-0.2, 0) is 4.74 Å². The molecule has 1 heterocycles. The molecule has 1 rings (SSSR count). The topological polar surface area (TPSA) is 24.5 Å². The molecular weight excluding hydrogens is 212 g/mol. The van der Waals surface area contributed by atoms with Crippen molar-refractivity contribution >= 4 is 0 Å². The lowest BCUT2D eigenvalue weighted by atomic mass is 9.96. The van der Waals surface area contributed by atoms with E-state index in [0.29, 0.717) is 12.0 Å². The predicted molar refractivity (Wildman–Crippen MR) is 73.3 cm³/mol. The van der Waals surface area contributed by atoms with E-state index in [0.717, 1.165) is 25.7 Å².